The summed E-state index contributed by atoms with van der Waals surface area (Å²) >= 11 is 0. The number of hydrogen-bond acceptors (Lipinski definition) is 5. The van der Waals surface area contributed by atoms with E-state index in [0.717, 1.165) is 50.2 Å². The predicted octanol–water partition coefficient (Wildman–Crippen LogP) is 2.71. The van der Waals surface area contributed by atoms with E-state index in [9.17, 15) is 4.39 Å². The minimum atomic E-state index is -0.254. The summed E-state index contributed by atoms with van der Waals surface area (Å²) in [6, 6.07) is 8.19. The fraction of sp³-hybridized carbons (Fsp3) is 0.450. The standard InChI is InChI=1S/C20H27FN6O.HI/c1-3-22-19(25-15-18(28-2)16-5-7-17(21)8-6-16)26-11-13-27(14-12-26)20-23-9-4-10-24-20;/h4-10,18H,3,11-15H2,1-2H3,(H,22,25);1H. The summed E-state index contributed by atoms with van der Waals surface area (Å²) in [5.74, 6) is 1.37. The summed E-state index contributed by atoms with van der Waals surface area (Å²) in [7, 11) is 1.65. The van der Waals surface area contributed by atoms with E-state index in [1.54, 1.807) is 31.6 Å². The molecule has 2 aromatic rings. The van der Waals surface area contributed by atoms with Crippen LogP contribution in [0, 0.1) is 5.82 Å². The van der Waals surface area contributed by atoms with Crippen LogP contribution in [0.4, 0.5) is 10.3 Å². The monoisotopic (exact) mass is 514 g/mol. The number of benzene rings is 1. The Bertz CT molecular complexity index is 753. The van der Waals surface area contributed by atoms with E-state index >= 15 is 0 Å². The average Bonchev–Trinajstić information content (AvgIpc) is 2.75. The van der Waals surface area contributed by atoms with E-state index in [4.69, 9.17) is 9.73 Å². The molecule has 0 aliphatic carbocycles. The number of halogens is 2. The van der Waals surface area contributed by atoms with Crippen molar-refractivity contribution in [2.75, 3.05) is 51.3 Å². The molecule has 0 radical (unpaired) electrons. The van der Waals surface area contributed by atoms with Crippen LogP contribution < -0.4 is 10.2 Å². The van der Waals surface area contributed by atoms with E-state index < -0.39 is 0 Å². The first-order valence-corrected chi connectivity index (χ1v) is 9.54. The van der Waals surface area contributed by atoms with Crippen LogP contribution in [0.15, 0.2) is 47.7 Å². The molecule has 2 heterocycles. The molecule has 0 saturated carbocycles. The van der Waals surface area contributed by atoms with Crippen molar-refractivity contribution in [2.24, 2.45) is 4.99 Å². The zero-order chi connectivity index (χ0) is 19.8. The Morgan fingerprint density at radius 1 is 1.17 bits per heavy atom. The van der Waals surface area contributed by atoms with E-state index in [1.807, 2.05) is 6.07 Å². The van der Waals surface area contributed by atoms with Crippen LogP contribution in [0.3, 0.4) is 0 Å². The number of nitrogens with zero attached hydrogens (tertiary/aromatic N) is 5. The van der Waals surface area contributed by atoms with Crippen molar-refractivity contribution in [3.63, 3.8) is 0 Å². The van der Waals surface area contributed by atoms with Crippen molar-refractivity contribution in [3.05, 3.63) is 54.1 Å². The molecule has 0 bridgehead atoms. The zero-order valence-electron chi connectivity index (χ0n) is 16.8. The van der Waals surface area contributed by atoms with Gasteiger partial charge in [0.05, 0.1) is 6.54 Å². The number of hydrogen-bond donors (Lipinski definition) is 1. The van der Waals surface area contributed by atoms with Crippen LogP contribution >= 0.6 is 24.0 Å². The fourth-order valence-corrected chi connectivity index (χ4v) is 3.16. The Morgan fingerprint density at radius 3 is 2.41 bits per heavy atom. The quantitative estimate of drug-likeness (QED) is 0.364. The highest BCUT2D eigenvalue weighted by atomic mass is 127. The molecule has 1 aliphatic rings. The third-order valence-electron chi connectivity index (χ3n) is 4.68. The lowest BCUT2D eigenvalue weighted by molar-refractivity contribution is 0.110. The molecule has 29 heavy (non-hydrogen) atoms. The number of aromatic nitrogens is 2. The number of methoxy groups -OCH3 is 1. The molecule has 7 nitrogen and oxygen atoms in total. The summed E-state index contributed by atoms with van der Waals surface area (Å²) < 4.78 is 18.7. The summed E-state index contributed by atoms with van der Waals surface area (Å²) in [6.45, 7) is 6.63. The number of rotatable bonds is 6. The Morgan fingerprint density at radius 2 is 1.83 bits per heavy atom. The third-order valence-corrected chi connectivity index (χ3v) is 4.68. The van der Waals surface area contributed by atoms with Gasteiger partial charge in [-0.2, -0.15) is 0 Å². The Labute approximate surface area is 188 Å². The molecule has 1 aromatic carbocycles. The number of ether oxygens (including phenoxy) is 1. The highest BCUT2D eigenvalue weighted by Crippen LogP contribution is 2.18. The Kier molecular flexibility index (Phi) is 9.52. The van der Waals surface area contributed by atoms with Crippen LogP contribution in [-0.2, 0) is 4.74 Å². The van der Waals surface area contributed by atoms with Gasteiger partial charge in [-0.15, -0.1) is 24.0 Å². The molecule has 1 aromatic heterocycles. The van der Waals surface area contributed by atoms with Gasteiger partial charge in [-0.25, -0.2) is 14.4 Å². The van der Waals surface area contributed by atoms with E-state index in [1.165, 1.54) is 12.1 Å². The van der Waals surface area contributed by atoms with E-state index in [0.29, 0.717) is 6.54 Å². The van der Waals surface area contributed by atoms with Gasteiger partial charge in [-0.05, 0) is 30.7 Å². The van der Waals surface area contributed by atoms with Gasteiger partial charge in [-0.3, -0.25) is 4.99 Å². The van der Waals surface area contributed by atoms with Crippen LogP contribution in [0.5, 0.6) is 0 Å². The number of guanidine groups is 1. The topological polar surface area (TPSA) is 65.9 Å². The van der Waals surface area contributed by atoms with Crippen molar-refractivity contribution in [3.8, 4) is 0 Å². The minimum Gasteiger partial charge on any atom is -0.375 e. The first-order valence-electron chi connectivity index (χ1n) is 9.54. The van der Waals surface area contributed by atoms with Gasteiger partial charge in [0.2, 0.25) is 5.95 Å². The predicted molar refractivity (Wildman–Crippen MR) is 123 cm³/mol. The van der Waals surface area contributed by atoms with Crippen LogP contribution in [0.1, 0.15) is 18.6 Å². The van der Waals surface area contributed by atoms with E-state index in [2.05, 4.69) is 32.0 Å². The summed E-state index contributed by atoms with van der Waals surface area (Å²) in [6.07, 6.45) is 3.31. The molecule has 3 rings (SSSR count). The van der Waals surface area contributed by atoms with Gasteiger partial charge in [0.1, 0.15) is 11.9 Å². The Hall–Kier alpha value is -2.01. The maximum absolute atomic E-state index is 13.2. The van der Waals surface area contributed by atoms with Crippen LogP contribution in [0.25, 0.3) is 0 Å². The molecule has 1 N–H and O–H groups in total. The van der Waals surface area contributed by atoms with Gasteiger partial charge in [0, 0.05) is 52.2 Å². The second kappa shape index (κ2) is 11.9. The second-order valence-electron chi connectivity index (χ2n) is 6.49. The fourth-order valence-electron chi connectivity index (χ4n) is 3.16. The molecule has 9 heteroatoms. The largest absolute Gasteiger partial charge is 0.375 e. The molecular formula is C20H28FIN6O. The Balaban J connectivity index is 0.00000300. The second-order valence-corrected chi connectivity index (χ2v) is 6.49. The summed E-state index contributed by atoms with van der Waals surface area (Å²) in [5, 5.41) is 3.36. The van der Waals surface area contributed by atoms with Crippen molar-refractivity contribution >= 4 is 35.9 Å². The van der Waals surface area contributed by atoms with Crippen LogP contribution in [-0.4, -0.2) is 67.2 Å². The SMILES string of the molecule is CCNC(=NCC(OC)c1ccc(F)cc1)N1CCN(c2ncccn2)CC1.I. The smallest absolute Gasteiger partial charge is 0.225 e. The van der Waals surface area contributed by atoms with Gasteiger partial charge in [-0.1, -0.05) is 12.1 Å². The normalized spacial score (nSPS) is 15.6. The van der Waals surface area contributed by atoms with Crippen molar-refractivity contribution in [1.82, 2.24) is 20.2 Å². The van der Waals surface area contributed by atoms with Crippen molar-refractivity contribution in [1.29, 1.82) is 0 Å². The zero-order valence-corrected chi connectivity index (χ0v) is 19.1. The van der Waals surface area contributed by atoms with Gasteiger partial charge < -0.3 is 19.9 Å². The van der Waals surface area contributed by atoms with Crippen LogP contribution in [0.2, 0.25) is 0 Å². The molecule has 1 aliphatic heterocycles. The molecule has 0 spiro atoms. The third kappa shape index (κ3) is 6.49. The molecule has 0 amide bonds. The minimum absolute atomic E-state index is 0. The number of aliphatic imine (C=N–C) groups is 1. The van der Waals surface area contributed by atoms with Crippen molar-refractivity contribution in [2.45, 2.75) is 13.0 Å². The maximum Gasteiger partial charge on any atom is 0.225 e. The highest BCUT2D eigenvalue weighted by molar-refractivity contribution is 14.0. The highest BCUT2D eigenvalue weighted by Gasteiger charge is 2.21. The summed E-state index contributed by atoms with van der Waals surface area (Å²) in [5.41, 5.74) is 0.912. The molecule has 1 unspecified atom stereocenters. The van der Waals surface area contributed by atoms with Crippen molar-refractivity contribution < 1.29 is 9.13 Å². The van der Waals surface area contributed by atoms with Gasteiger partial charge in [0.25, 0.3) is 0 Å². The molecule has 1 atom stereocenters. The molecule has 1 saturated heterocycles. The number of anilines is 1. The lowest BCUT2D eigenvalue weighted by Gasteiger charge is -2.36. The molecule has 158 valence electrons. The first kappa shape index (κ1) is 23.3. The summed E-state index contributed by atoms with van der Waals surface area (Å²) in [4.78, 5) is 17.8. The van der Waals surface area contributed by atoms with Gasteiger partial charge in [0.15, 0.2) is 5.96 Å². The maximum atomic E-state index is 13.2. The lowest BCUT2D eigenvalue weighted by Crippen LogP contribution is -2.53. The van der Waals surface area contributed by atoms with Gasteiger partial charge >= 0.3 is 0 Å². The number of piperazine rings is 1. The molecular weight excluding hydrogens is 486 g/mol. The van der Waals surface area contributed by atoms with E-state index in [-0.39, 0.29) is 35.9 Å². The molecule has 1 fully saturated rings. The average molecular weight is 514 g/mol. The number of nitrogens with one attached hydrogen (secondary N) is 1. The lowest BCUT2D eigenvalue weighted by atomic mass is 10.1. The first-order chi connectivity index (χ1) is 13.7.